The van der Waals surface area contributed by atoms with Gasteiger partial charge in [-0.2, -0.15) is 5.10 Å². The van der Waals surface area contributed by atoms with Gasteiger partial charge in [-0.25, -0.2) is 8.78 Å². The zero-order chi connectivity index (χ0) is 19.6. The third kappa shape index (κ3) is 4.31. The maximum absolute atomic E-state index is 13.4. The van der Waals surface area contributed by atoms with Gasteiger partial charge in [0.25, 0.3) is 5.91 Å². The number of aryl methyl sites for hydroxylation is 1. The van der Waals surface area contributed by atoms with E-state index in [1.165, 1.54) is 12.1 Å². The van der Waals surface area contributed by atoms with Gasteiger partial charge in [-0.05, 0) is 49.7 Å². The molecule has 1 N–H and O–H groups in total. The summed E-state index contributed by atoms with van der Waals surface area (Å²) in [6.45, 7) is 4.35. The lowest BCUT2D eigenvalue weighted by Gasteiger charge is -2.12. The molecule has 0 radical (unpaired) electrons. The Kier molecular flexibility index (Phi) is 5.51. The van der Waals surface area contributed by atoms with Crippen LogP contribution in [0.25, 0.3) is 10.9 Å². The standard InChI is InChI=1S/C20H21F2N3O2/c1-12(11-27-3)23-20(26)15-4-5-19-18(8-15)13(2)24-25(19)10-14-6-16(21)9-17(22)7-14/h4-9,12H,10-11H2,1-3H3,(H,23,26)/t12-/m0/s1. The highest BCUT2D eigenvalue weighted by Gasteiger charge is 2.14. The van der Waals surface area contributed by atoms with E-state index >= 15 is 0 Å². The Balaban J connectivity index is 1.88. The van der Waals surface area contributed by atoms with Gasteiger partial charge in [-0.3, -0.25) is 9.48 Å². The molecule has 0 saturated heterocycles. The van der Waals surface area contributed by atoms with Gasteiger partial charge in [-0.15, -0.1) is 0 Å². The zero-order valence-corrected chi connectivity index (χ0v) is 15.4. The van der Waals surface area contributed by atoms with E-state index in [0.717, 1.165) is 22.7 Å². The maximum Gasteiger partial charge on any atom is 0.251 e. The Labute approximate surface area is 155 Å². The van der Waals surface area contributed by atoms with Crippen LogP contribution in [0.3, 0.4) is 0 Å². The number of carbonyl (C=O) groups is 1. The fourth-order valence-corrected chi connectivity index (χ4v) is 3.08. The Morgan fingerprint density at radius 2 is 1.93 bits per heavy atom. The van der Waals surface area contributed by atoms with Crippen LogP contribution in [0.2, 0.25) is 0 Å². The number of nitrogens with one attached hydrogen (secondary N) is 1. The minimum absolute atomic E-state index is 0.107. The number of nitrogens with zero attached hydrogens (tertiary/aromatic N) is 2. The molecule has 0 aliphatic carbocycles. The molecule has 0 aliphatic rings. The minimum Gasteiger partial charge on any atom is -0.383 e. The smallest absolute Gasteiger partial charge is 0.251 e. The van der Waals surface area contributed by atoms with E-state index in [0.29, 0.717) is 17.7 Å². The largest absolute Gasteiger partial charge is 0.383 e. The molecule has 0 unspecified atom stereocenters. The summed E-state index contributed by atoms with van der Waals surface area (Å²) >= 11 is 0. The van der Waals surface area contributed by atoms with Crippen molar-refractivity contribution in [3.05, 3.63) is 64.9 Å². The molecule has 1 aromatic heterocycles. The first-order valence-electron chi connectivity index (χ1n) is 8.59. The van der Waals surface area contributed by atoms with Gasteiger partial charge in [0.1, 0.15) is 11.6 Å². The van der Waals surface area contributed by atoms with Crippen molar-refractivity contribution < 1.29 is 18.3 Å². The van der Waals surface area contributed by atoms with Crippen LogP contribution in [-0.4, -0.2) is 35.4 Å². The second-order valence-corrected chi connectivity index (χ2v) is 6.58. The summed E-state index contributed by atoms with van der Waals surface area (Å²) < 4.78 is 33.6. The van der Waals surface area contributed by atoms with Crippen molar-refractivity contribution in [2.75, 3.05) is 13.7 Å². The molecule has 2 aromatic carbocycles. The number of hydrogen-bond acceptors (Lipinski definition) is 3. The van der Waals surface area contributed by atoms with Crippen molar-refractivity contribution in [1.82, 2.24) is 15.1 Å². The summed E-state index contributed by atoms with van der Waals surface area (Å²) in [5.74, 6) is -1.44. The number of carbonyl (C=O) groups excluding carboxylic acids is 1. The molecule has 1 heterocycles. The molecular formula is C20H21F2N3O2. The molecule has 0 aliphatic heterocycles. The van der Waals surface area contributed by atoms with E-state index in [2.05, 4.69) is 10.4 Å². The van der Waals surface area contributed by atoms with Gasteiger partial charge < -0.3 is 10.1 Å². The molecule has 0 saturated carbocycles. The van der Waals surface area contributed by atoms with E-state index in [1.54, 1.807) is 30.0 Å². The normalized spacial score (nSPS) is 12.3. The molecule has 5 nitrogen and oxygen atoms in total. The second kappa shape index (κ2) is 7.84. The van der Waals surface area contributed by atoms with Crippen LogP contribution in [0.1, 0.15) is 28.5 Å². The second-order valence-electron chi connectivity index (χ2n) is 6.58. The fourth-order valence-electron chi connectivity index (χ4n) is 3.08. The highest BCUT2D eigenvalue weighted by atomic mass is 19.1. The lowest BCUT2D eigenvalue weighted by molar-refractivity contribution is 0.0905. The highest BCUT2D eigenvalue weighted by molar-refractivity contribution is 5.98. The van der Waals surface area contributed by atoms with Crippen molar-refractivity contribution in [2.24, 2.45) is 0 Å². The lowest BCUT2D eigenvalue weighted by Crippen LogP contribution is -2.35. The Morgan fingerprint density at radius 1 is 1.22 bits per heavy atom. The first kappa shape index (κ1) is 19.0. The predicted octanol–water partition coefficient (Wildman–Crippen LogP) is 3.44. The van der Waals surface area contributed by atoms with Crippen LogP contribution in [0.5, 0.6) is 0 Å². The minimum atomic E-state index is -0.623. The van der Waals surface area contributed by atoms with Crippen LogP contribution < -0.4 is 5.32 Å². The van der Waals surface area contributed by atoms with Crippen LogP contribution in [-0.2, 0) is 11.3 Å². The molecule has 0 fully saturated rings. The molecule has 3 aromatic rings. The summed E-state index contributed by atoms with van der Waals surface area (Å²) in [4.78, 5) is 12.4. The van der Waals surface area contributed by atoms with Gasteiger partial charge in [0.2, 0.25) is 0 Å². The average Bonchev–Trinajstić information content (AvgIpc) is 2.89. The van der Waals surface area contributed by atoms with Crippen molar-refractivity contribution in [3.63, 3.8) is 0 Å². The summed E-state index contributed by atoms with van der Waals surface area (Å²) in [7, 11) is 1.58. The Bertz CT molecular complexity index is 965. The molecule has 3 rings (SSSR count). The molecule has 1 atom stereocenters. The number of ether oxygens (including phenoxy) is 1. The number of methoxy groups -OCH3 is 1. The number of halogens is 2. The lowest BCUT2D eigenvalue weighted by atomic mass is 10.1. The fraction of sp³-hybridized carbons (Fsp3) is 0.300. The van der Waals surface area contributed by atoms with E-state index in [-0.39, 0.29) is 18.5 Å². The SMILES string of the molecule is COC[C@H](C)NC(=O)c1ccc2c(c1)c(C)nn2Cc1cc(F)cc(F)c1. The average molecular weight is 373 g/mol. The third-order valence-electron chi connectivity index (χ3n) is 4.25. The molecule has 7 heteroatoms. The van der Waals surface area contributed by atoms with Crippen LogP contribution in [0.15, 0.2) is 36.4 Å². The Morgan fingerprint density at radius 3 is 2.59 bits per heavy atom. The van der Waals surface area contributed by atoms with Crippen LogP contribution >= 0.6 is 0 Å². The first-order valence-corrected chi connectivity index (χ1v) is 8.59. The number of amides is 1. The molecule has 1 amide bonds. The monoisotopic (exact) mass is 373 g/mol. The van der Waals surface area contributed by atoms with Crippen molar-refractivity contribution in [2.45, 2.75) is 26.4 Å². The number of rotatable bonds is 6. The number of fused-ring (bicyclic) bond motifs is 1. The summed E-state index contributed by atoms with van der Waals surface area (Å²) in [5, 5.41) is 8.14. The van der Waals surface area contributed by atoms with Crippen LogP contribution in [0, 0.1) is 18.6 Å². The number of benzene rings is 2. The van der Waals surface area contributed by atoms with Gasteiger partial charge in [0, 0.05) is 30.2 Å². The van der Waals surface area contributed by atoms with Gasteiger partial charge in [0.15, 0.2) is 0 Å². The molecule has 27 heavy (non-hydrogen) atoms. The Hall–Kier alpha value is -2.80. The van der Waals surface area contributed by atoms with Gasteiger partial charge in [0.05, 0.1) is 24.4 Å². The summed E-state index contributed by atoms with van der Waals surface area (Å²) in [5.41, 5.74) is 2.53. The topological polar surface area (TPSA) is 56.1 Å². The highest BCUT2D eigenvalue weighted by Crippen LogP contribution is 2.21. The molecular weight excluding hydrogens is 352 g/mol. The van der Waals surface area contributed by atoms with Gasteiger partial charge >= 0.3 is 0 Å². The van der Waals surface area contributed by atoms with Crippen molar-refractivity contribution >= 4 is 16.8 Å². The molecule has 0 bridgehead atoms. The number of hydrogen-bond donors (Lipinski definition) is 1. The quantitative estimate of drug-likeness (QED) is 0.720. The van der Waals surface area contributed by atoms with E-state index < -0.39 is 11.6 Å². The predicted molar refractivity (Wildman–Crippen MR) is 98.7 cm³/mol. The van der Waals surface area contributed by atoms with Crippen molar-refractivity contribution in [3.8, 4) is 0 Å². The van der Waals surface area contributed by atoms with Gasteiger partial charge in [-0.1, -0.05) is 0 Å². The maximum atomic E-state index is 13.4. The van der Waals surface area contributed by atoms with E-state index in [4.69, 9.17) is 4.74 Å². The van der Waals surface area contributed by atoms with Crippen molar-refractivity contribution in [1.29, 1.82) is 0 Å². The zero-order valence-electron chi connectivity index (χ0n) is 15.4. The molecule has 142 valence electrons. The van der Waals surface area contributed by atoms with Crippen LogP contribution in [0.4, 0.5) is 8.78 Å². The third-order valence-corrected chi connectivity index (χ3v) is 4.25. The number of aromatic nitrogens is 2. The molecule has 0 spiro atoms. The van der Waals surface area contributed by atoms with E-state index in [9.17, 15) is 13.6 Å². The summed E-state index contributed by atoms with van der Waals surface area (Å²) in [6, 6.07) is 8.57. The van der Waals surface area contributed by atoms with E-state index in [1.807, 2.05) is 13.8 Å². The summed E-state index contributed by atoms with van der Waals surface area (Å²) in [6.07, 6.45) is 0. The first-order chi connectivity index (χ1) is 12.9.